The number of hydrogen-bond acceptors (Lipinski definition) is 3. The number of nitrogens with zero attached hydrogens (tertiary/aromatic N) is 2. The largest absolute Gasteiger partial charge is 0.356 e. The highest BCUT2D eigenvalue weighted by molar-refractivity contribution is 7.80. The van der Waals surface area contributed by atoms with Gasteiger partial charge in [0.25, 0.3) is 0 Å². The van der Waals surface area contributed by atoms with Crippen molar-refractivity contribution in [1.29, 1.82) is 0 Å². The Morgan fingerprint density at radius 1 is 1.10 bits per heavy atom. The maximum atomic E-state index is 5.30. The molecule has 0 aliphatic rings. The molecular weight excluding hydrogens is 268 g/mol. The Balaban J connectivity index is 1.99. The van der Waals surface area contributed by atoms with Crippen LogP contribution in [0.1, 0.15) is 29.9 Å². The SMILES string of the molecule is Cc1cc(C)nc(NC(=S)N[C@H](C)c2ccccc2)n1. The molecule has 5 heteroatoms. The van der Waals surface area contributed by atoms with E-state index in [2.05, 4.69) is 39.7 Å². The lowest BCUT2D eigenvalue weighted by Crippen LogP contribution is -2.31. The molecule has 0 amide bonds. The number of aromatic nitrogens is 2. The van der Waals surface area contributed by atoms with E-state index in [0.717, 1.165) is 11.4 Å². The van der Waals surface area contributed by atoms with Crippen molar-refractivity contribution in [3.8, 4) is 0 Å². The summed E-state index contributed by atoms with van der Waals surface area (Å²) in [6.45, 7) is 5.93. The summed E-state index contributed by atoms with van der Waals surface area (Å²) in [5, 5.41) is 6.77. The standard InChI is InChI=1S/C15H18N4S/c1-10-9-11(2)17-14(16-10)19-15(20)18-12(3)13-7-5-4-6-8-13/h4-9,12H,1-3H3,(H2,16,17,18,19,20)/t12-/m1/s1. The van der Waals surface area contributed by atoms with Crippen molar-refractivity contribution in [1.82, 2.24) is 15.3 Å². The van der Waals surface area contributed by atoms with Crippen LogP contribution in [-0.4, -0.2) is 15.1 Å². The molecule has 104 valence electrons. The van der Waals surface area contributed by atoms with Crippen LogP contribution in [0, 0.1) is 13.8 Å². The Hall–Kier alpha value is -2.01. The van der Waals surface area contributed by atoms with Crippen LogP contribution in [0.15, 0.2) is 36.4 Å². The van der Waals surface area contributed by atoms with Crippen LogP contribution in [-0.2, 0) is 0 Å². The zero-order chi connectivity index (χ0) is 14.5. The molecular formula is C15H18N4S. The first kappa shape index (κ1) is 14.4. The molecule has 2 rings (SSSR count). The fraction of sp³-hybridized carbons (Fsp3) is 0.267. The monoisotopic (exact) mass is 286 g/mol. The minimum atomic E-state index is 0.127. The summed E-state index contributed by atoms with van der Waals surface area (Å²) >= 11 is 5.30. The molecule has 0 fully saturated rings. The predicted octanol–water partition coefficient (Wildman–Crippen LogP) is 3.14. The fourth-order valence-corrected chi connectivity index (χ4v) is 2.21. The van der Waals surface area contributed by atoms with Gasteiger partial charge in [0.1, 0.15) is 0 Å². The Kier molecular flexibility index (Phi) is 4.63. The van der Waals surface area contributed by atoms with Gasteiger partial charge in [-0.2, -0.15) is 0 Å². The second kappa shape index (κ2) is 6.43. The smallest absolute Gasteiger partial charge is 0.229 e. The number of hydrogen-bond donors (Lipinski definition) is 2. The summed E-state index contributed by atoms with van der Waals surface area (Å²) in [6, 6.07) is 12.2. The lowest BCUT2D eigenvalue weighted by atomic mass is 10.1. The topological polar surface area (TPSA) is 49.8 Å². The molecule has 0 saturated carbocycles. The number of rotatable bonds is 3. The fourth-order valence-electron chi connectivity index (χ4n) is 1.94. The van der Waals surface area contributed by atoms with Gasteiger partial charge < -0.3 is 10.6 Å². The summed E-state index contributed by atoms with van der Waals surface area (Å²) in [7, 11) is 0. The van der Waals surface area contributed by atoms with Gasteiger partial charge in [-0.05, 0) is 44.6 Å². The van der Waals surface area contributed by atoms with Crippen molar-refractivity contribution in [2.24, 2.45) is 0 Å². The minimum Gasteiger partial charge on any atom is -0.356 e. The van der Waals surface area contributed by atoms with Crippen LogP contribution in [0.5, 0.6) is 0 Å². The van der Waals surface area contributed by atoms with Crippen molar-refractivity contribution in [2.45, 2.75) is 26.8 Å². The van der Waals surface area contributed by atoms with Crippen LogP contribution in [0.25, 0.3) is 0 Å². The Labute approximate surface area is 124 Å². The highest BCUT2D eigenvalue weighted by Gasteiger charge is 2.07. The van der Waals surface area contributed by atoms with Gasteiger partial charge in [0.05, 0.1) is 6.04 Å². The molecule has 0 saturated heterocycles. The maximum absolute atomic E-state index is 5.30. The second-order valence-electron chi connectivity index (χ2n) is 4.71. The summed E-state index contributed by atoms with van der Waals surface area (Å²) < 4.78 is 0. The Bertz CT molecular complexity index is 578. The van der Waals surface area contributed by atoms with E-state index in [1.807, 2.05) is 38.1 Å². The number of benzene rings is 1. The third-order valence-electron chi connectivity index (χ3n) is 2.85. The van der Waals surface area contributed by atoms with Gasteiger partial charge in [0.2, 0.25) is 5.95 Å². The normalized spacial score (nSPS) is 11.8. The molecule has 4 nitrogen and oxygen atoms in total. The van der Waals surface area contributed by atoms with E-state index in [1.165, 1.54) is 5.56 Å². The number of aryl methyl sites for hydroxylation is 2. The zero-order valence-electron chi connectivity index (χ0n) is 11.8. The molecule has 0 bridgehead atoms. The third-order valence-corrected chi connectivity index (χ3v) is 3.07. The first-order valence-electron chi connectivity index (χ1n) is 6.49. The van der Waals surface area contributed by atoms with Crippen LogP contribution >= 0.6 is 12.2 Å². The van der Waals surface area contributed by atoms with E-state index in [0.29, 0.717) is 11.1 Å². The minimum absolute atomic E-state index is 0.127. The lowest BCUT2D eigenvalue weighted by Gasteiger charge is -2.16. The molecule has 0 spiro atoms. The van der Waals surface area contributed by atoms with Crippen LogP contribution in [0.2, 0.25) is 0 Å². The van der Waals surface area contributed by atoms with Crippen molar-refractivity contribution < 1.29 is 0 Å². The molecule has 1 atom stereocenters. The van der Waals surface area contributed by atoms with Gasteiger partial charge in [0.15, 0.2) is 5.11 Å². The van der Waals surface area contributed by atoms with E-state index in [-0.39, 0.29) is 6.04 Å². The molecule has 20 heavy (non-hydrogen) atoms. The van der Waals surface area contributed by atoms with E-state index in [9.17, 15) is 0 Å². The van der Waals surface area contributed by atoms with E-state index >= 15 is 0 Å². The lowest BCUT2D eigenvalue weighted by molar-refractivity contribution is 0.722. The summed E-state index contributed by atoms with van der Waals surface area (Å²) in [5.74, 6) is 0.528. The van der Waals surface area contributed by atoms with Crippen LogP contribution in [0.3, 0.4) is 0 Å². The molecule has 1 aromatic carbocycles. The van der Waals surface area contributed by atoms with Crippen molar-refractivity contribution in [3.05, 3.63) is 53.3 Å². The van der Waals surface area contributed by atoms with Gasteiger partial charge in [-0.15, -0.1) is 0 Å². The van der Waals surface area contributed by atoms with Gasteiger partial charge in [-0.1, -0.05) is 30.3 Å². The molecule has 2 N–H and O–H groups in total. The molecule has 0 radical (unpaired) electrons. The number of nitrogens with one attached hydrogen (secondary N) is 2. The van der Waals surface area contributed by atoms with Crippen LogP contribution < -0.4 is 10.6 Å². The van der Waals surface area contributed by atoms with Crippen LogP contribution in [0.4, 0.5) is 5.95 Å². The second-order valence-corrected chi connectivity index (χ2v) is 5.11. The van der Waals surface area contributed by atoms with E-state index < -0.39 is 0 Å². The first-order valence-corrected chi connectivity index (χ1v) is 6.90. The van der Waals surface area contributed by atoms with E-state index in [1.54, 1.807) is 0 Å². The van der Waals surface area contributed by atoms with Gasteiger partial charge >= 0.3 is 0 Å². The first-order chi connectivity index (χ1) is 9.54. The summed E-state index contributed by atoms with van der Waals surface area (Å²) in [4.78, 5) is 8.61. The average molecular weight is 286 g/mol. The molecule has 0 aliphatic heterocycles. The number of anilines is 1. The molecule has 0 unspecified atom stereocenters. The Morgan fingerprint density at radius 2 is 1.70 bits per heavy atom. The summed E-state index contributed by atoms with van der Waals surface area (Å²) in [5.41, 5.74) is 3.01. The predicted molar refractivity (Wildman–Crippen MR) is 85.7 cm³/mol. The Morgan fingerprint density at radius 3 is 2.30 bits per heavy atom. The van der Waals surface area contributed by atoms with Crippen molar-refractivity contribution in [2.75, 3.05) is 5.32 Å². The van der Waals surface area contributed by atoms with Crippen molar-refractivity contribution >= 4 is 23.3 Å². The van der Waals surface area contributed by atoms with Gasteiger partial charge in [-0.3, -0.25) is 0 Å². The zero-order valence-corrected chi connectivity index (χ0v) is 12.7. The van der Waals surface area contributed by atoms with Crippen molar-refractivity contribution in [3.63, 3.8) is 0 Å². The quantitative estimate of drug-likeness (QED) is 0.849. The van der Waals surface area contributed by atoms with E-state index in [4.69, 9.17) is 12.2 Å². The maximum Gasteiger partial charge on any atom is 0.229 e. The molecule has 2 aromatic rings. The van der Waals surface area contributed by atoms with Gasteiger partial charge in [0, 0.05) is 11.4 Å². The third kappa shape index (κ3) is 3.99. The molecule has 1 heterocycles. The number of thiocarbonyl (C=S) groups is 1. The molecule has 0 aliphatic carbocycles. The van der Waals surface area contributed by atoms with Gasteiger partial charge in [-0.25, -0.2) is 9.97 Å². The highest BCUT2D eigenvalue weighted by Crippen LogP contribution is 2.11. The average Bonchev–Trinajstić information content (AvgIpc) is 2.38. The summed E-state index contributed by atoms with van der Waals surface area (Å²) in [6.07, 6.45) is 0. The molecule has 1 aromatic heterocycles. The highest BCUT2D eigenvalue weighted by atomic mass is 32.1.